The lowest BCUT2D eigenvalue weighted by Crippen LogP contribution is -2.31. The van der Waals surface area contributed by atoms with Crippen LogP contribution in [0.2, 0.25) is 0 Å². The van der Waals surface area contributed by atoms with Crippen LogP contribution < -0.4 is 4.74 Å². The first-order valence-corrected chi connectivity index (χ1v) is 7.71. The van der Waals surface area contributed by atoms with Crippen molar-refractivity contribution in [3.63, 3.8) is 0 Å². The number of unbranched alkanes of at least 4 members (excludes halogenated alkanes) is 1. The van der Waals surface area contributed by atoms with Crippen molar-refractivity contribution < 1.29 is 9.53 Å². The van der Waals surface area contributed by atoms with Crippen molar-refractivity contribution in [2.75, 3.05) is 19.7 Å². The SMILES string of the molecule is CCCCN(CC)C(=O)CCc1ccccc1OCC. The number of carbonyl (C=O) groups is 1. The van der Waals surface area contributed by atoms with E-state index in [0.29, 0.717) is 13.0 Å². The minimum absolute atomic E-state index is 0.243. The Bertz CT molecular complexity index is 404. The molecule has 1 rings (SSSR count). The highest BCUT2D eigenvalue weighted by Crippen LogP contribution is 2.19. The summed E-state index contributed by atoms with van der Waals surface area (Å²) in [5, 5.41) is 0. The maximum absolute atomic E-state index is 12.2. The lowest BCUT2D eigenvalue weighted by Gasteiger charge is -2.20. The lowest BCUT2D eigenvalue weighted by atomic mass is 10.1. The molecule has 1 aromatic rings. The Kier molecular flexibility index (Phi) is 7.78. The summed E-state index contributed by atoms with van der Waals surface area (Å²) < 4.78 is 5.60. The average molecular weight is 277 g/mol. The van der Waals surface area contributed by atoms with Gasteiger partial charge in [-0.1, -0.05) is 31.5 Å². The summed E-state index contributed by atoms with van der Waals surface area (Å²) in [4.78, 5) is 14.2. The standard InChI is InChI=1S/C17H27NO2/c1-4-7-14-18(5-2)17(19)13-12-15-10-8-9-11-16(15)20-6-3/h8-11H,4-7,12-14H2,1-3H3. The molecule has 0 aromatic heterocycles. The summed E-state index contributed by atoms with van der Waals surface area (Å²) in [7, 11) is 0. The highest BCUT2D eigenvalue weighted by atomic mass is 16.5. The summed E-state index contributed by atoms with van der Waals surface area (Å²) in [5.74, 6) is 1.15. The fourth-order valence-corrected chi connectivity index (χ4v) is 2.21. The monoisotopic (exact) mass is 277 g/mol. The Labute approximate surface area is 122 Å². The van der Waals surface area contributed by atoms with E-state index >= 15 is 0 Å². The van der Waals surface area contributed by atoms with Gasteiger partial charge in [0, 0.05) is 19.5 Å². The highest BCUT2D eigenvalue weighted by molar-refractivity contribution is 5.76. The second-order valence-electron chi connectivity index (χ2n) is 4.87. The van der Waals surface area contributed by atoms with E-state index in [1.807, 2.05) is 43.0 Å². The number of aryl methyl sites for hydroxylation is 1. The molecule has 1 amide bonds. The van der Waals surface area contributed by atoms with Gasteiger partial charge in [0.25, 0.3) is 0 Å². The van der Waals surface area contributed by atoms with Crippen molar-refractivity contribution in [3.05, 3.63) is 29.8 Å². The molecule has 0 saturated heterocycles. The molecule has 0 spiro atoms. The predicted molar refractivity (Wildman–Crippen MR) is 83.1 cm³/mol. The van der Waals surface area contributed by atoms with Crippen LogP contribution in [0.3, 0.4) is 0 Å². The summed E-state index contributed by atoms with van der Waals surface area (Å²) in [6.07, 6.45) is 3.51. The first-order chi connectivity index (χ1) is 9.72. The van der Waals surface area contributed by atoms with Gasteiger partial charge in [-0.05, 0) is 38.3 Å². The zero-order valence-electron chi connectivity index (χ0n) is 13.0. The zero-order valence-corrected chi connectivity index (χ0v) is 13.0. The molecule has 0 fully saturated rings. The molecule has 3 nitrogen and oxygen atoms in total. The molecule has 3 heteroatoms. The van der Waals surface area contributed by atoms with Crippen LogP contribution in [-0.2, 0) is 11.2 Å². The summed E-state index contributed by atoms with van der Waals surface area (Å²) in [6, 6.07) is 7.98. The fourth-order valence-electron chi connectivity index (χ4n) is 2.21. The van der Waals surface area contributed by atoms with Crippen molar-refractivity contribution >= 4 is 5.91 Å². The van der Waals surface area contributed by atoms with E-state index in [0.717, 1.165) is 43.7 Å². The first-order valence-electron chi connectivity index (χ1n) is 7.71. The summed E-state index contributed by atoms with van der Waals surface area (Å²) in [6.45, 7) is 8.50. The molecule has 0 radical (unpaired) electrons. The fraction of sp³-hybridized carbons (Fsp3) is 0.588. The van der Waals surface area contributed by atoms with E-state index in [9.17, 15) is 4.79 Å². The van der Waals surface area contributed by atoms with Crippen molar-refractivity contribution in [2.24, 2.45) is 0 Å². The van der Waals surface area contributed by atoms with Crippen LogP contribution in [0.4, 0.5) is 0 Å². The molecule has 0 aliphatic rings. The topological polar surface area (TPSA) is 29.5 Å². The molecule has 112 valence electrons. The molecule has 1 aromatic carbocycles. The molecule has 0 aliphatic carbocycles. The number of ether oxygens (including phenoxy) is 1. The highest BCUT2D eigenvalue weighted by Gasteiger charge is 2.12. The number of rotatable bonds is 9. The third kappa shape index (κ3) is 5.24. The summed E-state index contributed by atoms with van der Waals surface area (Å²) in [5.41, 5.74) is 1.12. The van der Waals surface area contributed by atoms with E-state index < -0.39 is 0 Å². The normalized spacial score (nSPS) is 10.3. The Hall–Kier alpha value is -1.51. The maximum atomic E-state index is 12.2. The second kappa shape index (κ2) is 9.40. The largest absolute Gasteiger partial charge is 0.494 e. The first kappa shape index (κ1) is 16.5. The predicted octanol–water partition coefficient (Wildman–Crippen LogP) is 3.67. The van der Waals surface area contributed by atoms with Gasteiger partial charge in [-0.2, -0.15) is 0 Å². The minimum atomic E-state index is 0.243. The van der Waals surface area contributed by atoms with Crippen molar-refractivity contribution in [1.82, 2.24) is 4.90 Å². The van der Waals surface area contributed by atoms with Gasteiger partial charge in [-0.3, -0.25) is 4.79 Å². The van der Waals surface area contributed by atoms with Crippen LogP contribution in [0, 0.1) is 0 Å². The molecule has 0 saturated carbocycles. The van der Waals surface area contributed by atoms with Crippen LogP contribution >= 0.6 is 0 Å². The molecule has 20 heavy (non-hydrogen) atoms. The number of hydrogen-bond donors (Lipinski definition) is 0. The Morgan fingerprint density at radius 3 is 2.60 bits per heavy atom. The number of nitrogens with zero attached hydrogens (tertiary/aromatic N) is 1. The van der Waals surface area contributed by atoms with Gasteiger partial charge in [-0.25, -0.2) is 0 Å². The Morgan fingerprint density at radius 2 is 1.95 bits per heavy atom. The molecular formula is C17H27NO2. The van der Waals surface area contributed by atoms with Gasteiger partial charge in [-0.15, -0.1) is 0 Å². The Morgan fingerprint density at radius 1 is 1.20 bits per heavy atom. The quantitative estimate of drug-likeness (QED) is 0.689. The van der Waals surface area contributed by atoms with Gasteiger partial charge in [0.15, 0.2) is 0 Å². The van der Waals surface area contributed by atoms with Crippen LogP contribution in [0.1, 0.15) is 45.6 Å². The number of amides is 1. The molecular weight excluding hydrogens is 250 g/mol. The molecule has 0 heterocycles. The lowest BCUT2D eigenvalue weighted by molar-refractivity contribution is -0.131. The van der Waals surface area contributed by atoms with Gasteiger partial charge < -0.3 is 9.64 Å². The average Bonchev–Trinajstić information content (AvgIpc) is 2.47. The van der Waals surface area contributed by atoms with Crippen molar-refractivity contribution in [2.45, 2.75) is 46.5 Å². The van der Waals surface area contributed by atoms with Gasteiger partial charge in [0.05, 0.1) is 6.61 Å². The van der Waals surface area contributed by atoms with E-state index in [-0.39, 0.29) is 5.91 Å². The van der Waals surface area contributed by atoms with E-state index in [2.05, 4.69) is 6.92 Å². The second-order valence-corrected chi connectivity index (χ2v) is 4.87. The minimum Gasteiger partial charge on any atom is -0.494 e. The molecule has 0 bridgehead atoms. The number of para-hydroxylation sites is 1. The van der Waals surface area contributed by atoms with Crippen molar-refractivity contribution in [3.8, 4) is 5.75 Å². The van der Waals surface area contributed by atoms with Gasteiger partial charge >= 0.3 is 0 Å². The number of carbonyl (C=O) groups excluding carboxylic acids is 1. The summed E-state index contributed by atoms with van der Waals surface area (Å²) >= 11 is 0. The molecule has 0 unspecified atom stereocenters. The molecule has 0 aliphatic heterocycles. The third-order valence-corrected chi connectivity index (χ3v) is 3.40. The van der Waals surface area contributed by atoms with E-state index in [1.165, 1.54) is 0 Å². The zero-order chi connectivity index (χ0) is 14.8. The van der Waals surface area contributed by atoms with Gasteiger partial charge in [0.2, 0.25) is 5.91 Å². The smallest absolute Gasteiger partial charge is 0.222 e. The number of benzene rings is 1. The molecule has 0 N–H and O–H groups in total. The molecule has 0 atom stereocenters. The van der Waals surface area contributed by atoms with E-state index in [1.54, 1.807) is 0 Å². The number of hydrogen-bond acceptors (Lipinski definition) is 2. The van der Waals surface area contributed by atoms with Crippen molar-refractivity contribution in [1.29, 1.82) is 0 Å². The third-order valence-electron chi connectivity index (χ3n) is 3.40. The maximum Gasteiger partial charge on any atom is 0.222 e. The van der Waals surface area contributed by atoms with E-state index in [4.69, 9.17) is 4.74 Å². The Balaban J connectivity index is 2.55. The van der Waals surface area contributed by atoms with Crippen LogP contribution in [0.5, 0.6) is 5.75 Å². The van der Waals surface area contributed by atoms with Gasteiger partial charge in [0.1, 0.15) is 5.75 Å². The van der Waals surface area contributed by atoms with Crippen LogP contribution in [0.15, 0.2) is 24.3 Å². The van der Waals surface area contributed by atoms with Crippen LogP contribution in [-0.4, -0.2) is 30.5 Å². The van der Waals surface area contributed by atoms with Crippen LogP contribution in [0.25, 0.3) is 0 Å².